The zero-order chi connectivity index (χ0) is 23.4. The van der Waals surface area contributed by atoms with Crippen molar-refractivity contribution in [2.24, 2.45) is 0 Å². The van der Waals surface area contributed by atoms with Crippen molar-refractivity contribution < 1.29 is 39.1 Å². The normalized spacial score (nSPS) is 25.4. The summed E-state index contributed by atoms with van der Waals surface area (Å²) in [6.07, 6.45) is -6.35. The Morgan fingerprint density at radius 2 is 1.75 bits per heavy atom. The van der Waals surface area contributed by atoms with Gasteiger partial charge in [0.2, 0.25) is 0 Å². The predicted molar refractivity (Wildman–Crippen MR) is 115 cm³/mol. The van der Waals surface area contributed by atoms with Crippen LogP contribution in [0.25, 0.3) is 0 Å². The molecule has 174 valence electrons. The molecule has 2 aromatic carbocycles. The first-order chi connectivity index (χ1) is 15.3. The average Bonchev–Trinajstić information content (AvgIpc) is 2.80. The second-order valence-electron chi connectivity index (χ2n) is 7.91. The third-order valence-corrected chi connectivity index (χ3v) is 5.77. The maximum absolute atomic E-state index is 13.0. The first-order valence-electron chi connectivity index (χ1n) is 10.4. The van der Waals surface area contributed by atoms with E-state index in [0.717, 1.165) is 16.7 Å². The lowest BCUT2D eigenvalue weighted by Gasteiger charge is -2.40. The molecule has 0 bridgehead atoms. The topological polar surface area (TPSA) is 115 Å². The summed E-state index contributed by atoms with van der Waals surface area (Å²) in [5.74, 6) is 0.00701. The smallest absolute Gasteiger partial charge is 0.338 e. The van der Waals surface area contributed by atoms with Crippen LogP contribution in [-0.2, 0) is 20.8 Å². The number of carbonyl (C=O) groups excluding carboxylic acids is 1. The van der Waals surface area contributed by atoms with Crippen molar-refractivity contribution in [3.63, 3.8) is 0 Å². The SMILES string of the molecule is CO[C@H]1O[C@H](CO)[C@@H](O)[C@H](O)[C@H]1OC(=O)c1cc(C)c(OCc2ccccc2)c(C)c1C. The second-order valence-corrected chi connectivity index (χ2v) is 7.91. The van der Waals surface area contributed by atoms with Crippen LogP contribution in [0.15, 0.2) is 36.4 Å². The number of aryl methyl sites for hydroxylation is 1. The summed E-state index contributed by atoms with van der Waals surface area (Å²) in [5.41, 5.74) is 3.59. The molecular formula is C24H30O8. The van der Waals surface area contributed by atoms with E-state index < -0.39 is 43.3 Å². The summed E-state index contributed by atoms with van der Waals surface area (Å²) in [4.78, 5) is 13.0. The molecular weight excluding hydrogens is 416 g/mol. The Bertz CT molecular complexity index is 927. The van der Waals surface area contributed by atoms with Crippen molar-refractivity contribution in [2.45, 2.75) is 58.1 Å². The van der Waals surface area contributed by atoms with Gasteiger partial charge in [0.05, 0.1) is 12.2 Å². The third-order valence-electron chi connectivity index (χ3n) is 5.77. The van der Waals surface area contributed by atoms with E-state index in [2.05, 4.69) is 0 Å². The predicted octanol–water partition coefficient (Wildman–Crippen LogP) is 1.80. The molecule has 0 saturated carbocycles. The molecule has 1 aliphatic rings. The summed E-state index contributed by atoms with van der Waals surface area (Å²) in [6, 6.07) is 11.5. The first kappa shape index (κ1) is 24.2. The van der Waals surface area contributed by atoms with Crippen LogP contribution < -0.4 is 4.74 Å². The van der Waals surface area contributed by atoms with Crippen molar-refractivity contribution in [3.05, 3.63) is 64.2 Å². The van der Waals surface area contributed by atoms with Crippen LogP contribution in [0.3, 0.4) is 0 Å². The Labute approximate surface area is 187 Å². The van der Waals surface area contributed by atoms with Crippen LogP contribution in [0.2, 0.25) is 0 Å². The molecule has 2 aromatic rings. The number of ether oxygens (including phenoxy) is 4. The molecule has 3 N–H and O–H groups in total. The van der Waals surface area contributed by atoms with E-state index in [1.807, 2.05) is 44.2 Å². The molecule has 5 atom stereocenters. The minimum absolute atomic E-state index is 0.313. The monoisotopic (exact) mass is 446 g/mol. The minimum Gasteiger partial charge on any atom is -0.488 e. The van der Waals surface area contributed by atoms with Gasteiger partial charge in [-0.05, 0) is 49.1 Å². The van der Waals surface area contributed by atoms with Crippen molar-refractivity contribution in [1.82, 2.24) is 0 Å². The number of aliphatic hydroxyl groups excluding tert-OH is 3. The number of hydrogen-bond acceptors (Lipinski definition) is 8. The fourth-order valence-electron chi connectivity index (χ4n) is 3.78. The highest BCUT2D eigenvalue weighted by Crippen LogP contribution is 2.31. The summed E-state index contributed by atoms with van der Waals surface area (Å²) >= 11 is 0. The van der Waals surface area contributed by atoms with Gasteiger partial charge in [-0.15, -0.1) is 0 Å². The number of carbonyl (C=O) groups is 1. The molecule has 0 aromatic heterocycles. The van der Waals surface area contributed by atoms with Gasteiger partial charge in [0.15, 0.2) is 12.4 Å². The van der Waals surface area contributed by atoms with Crippen LogP contribution in [0, 0.1) is 20.8 Å². The Kier molecular flexibility index (Phi) is 7.86. The number of methoxy groups -OCH3 is 1. The average molecular weight is 446 g/mol. The Morgan fingerprint density at radius 1 is 1.06 bits per heavy atom. The van der Waals surface area contributed by atoms with Crippen LogP contribution in [0.4, 0.5) is 0 Å². The summed E-state index contributed by atoms with van der Waals surface area (Å²) in [5, 5.41) is 29.9. The molecule has 0 unspecified atom stereocenters. The highest BCUT2D eigenvalue weighted by molar-refractivity contribution is 5.92. The van der Waals surface area contributed by atoms with Gasteiger partial charge < -0.3 is 34.3 Å². The Balaban J connectivity index is 1.79. The molecule has 1 fully saturated rings. The van der Waals surface area contributed by atoms with Crippen molar-refractivity contribution >= 4 is 5.97 Å². The summed E-state index contributed by atoms with van der Waals surface area (Å²) in [7, 11) is 1.32. The summed E-state index contributed by atoms with van der Waals surface area (Å²) < 4.78 is 22.1. The van der Waals surface area contributed by atoms with Crippen LogP contribution in [-0.4, -0.2) is 65.7 Å². The van der Waals surface area contributed by atoms with Crippen molar-refractivity contribution in [2.75, 3.05) is 13.7 Å². The lowest BCUT2D eigenvalue weighted by Crippen LogP contribution is -2.60. The largest absolute Gasteiger partial charge is 0.488 e. The molecule has 0 amide bonds. The lowest BCUT2D eigenvalue weighted by atomic mass is 9.97. The maximum atomic E-state index is 13.0. The first-order valence-corrected chi connectivity index (χ1v) is 10.4. The van der Waals surface area contributed by atoms with E-state index in [4.69, 9.17) is 18.9 Å². The molecule has 0 aliphatic carbocycles. The lowest BCUT2D eigenvalue weighted by molar-refractivity contribution is -0.293. The van der Waals surface area contributed by atoms with Crippen LogP contribution in [0.1, 0.15) is 32.6 Å². The fraction of sp³-hybridized carbons (Fsp3) is 0.458. The Morgan fingerprint density at radius 3 is 2.38 bits per heavy atom. The van der Waals surface area contributed by atoms with Gasteiger partial charge in [-0.3, -0.25) is 0 Å². The minimum atomic E-state index is -1.48. The second kappa shape index (κ2) is 10.4. The summed E-state index contributed by atoms with van der Waals surface area (Å²) in [6.45, 7) is 5.39. The zero-order valence-corrected chi connectivity index (χ0v) is 18.6. The van der Waals surface area contributed by atoms with Gasteiger partial charge in [-0.1, -0.05) is 30.3 Å². The van der Waals surface area contributed by atoms with Gasteiger partial charge in [0.25, 0.3) is 0 Å². The van der Waals surface area contributed by atoms with Crippen molar-refractivity contribution in [1.29, 1.82) is 0 Å². The van der Waals surface area contributed by atoms with Crippen LogP contribution in [0.5, 0.6) is 5.75 Å². The molecule has 1 heterocycles. The fourth-order valence-corrected chi connectivity index (χ4v) is 3.78. The third kappa shape index (κ3) is 4.95. The standard InChI is InChI=1S/C24H30O8/c1-13-10-17(14(2)15(3)21(13)30-12-16-8-6-5-7-9-16)23(28)32-22-20(27)19(26)18(11-25)31-24(22)29-4/h5-10,18-20,22,24-27H,11-12H2,1-4H3/t18-,19-,20+,22-,24+/m1/s1. The van der Waals surface area contributed by atoms with Crippen LogP contribution >= 0.6 is 0 Å². The van der Waals surface area contributed by atoms with Gasteiger partial charge in [0.1, 0.15) is 30.7 Å². The number of esters is 1. The van der Waals surface area contributed by atoms with Gasteiger partial charge in [-0.2, -0.15) is 0 Å². The van der Waals surface area contributed by atoms with Crippen molar-refractivity contribution in [3.8, 4) is 5.75 Å². The molecule has 1 saturated heterocycles. The molecule has 0 radical (unpaired) electrons. The molecule has 0 spiro atoms. The van der Waals surface area contributed by atoms with E-state index in [-0.39, 0.29) is 0 Å². The van der Waals surface area contributed by atoms with E-state index in [9.17, 15) is 20.1 Å². The molecule has 32 heavy (non-hydrogen) atoms. The highest BCUT2D eigenvalue weighted by Gasteiger charge is 2.47. The highest BCUT2D eigenvalue weighted by atomic mass is 16.7. The Hall–Kier alpha value is -2.49. The number of rotatable bonds is 7. The number of aliphatic hydroxyl groups is 3. The zero-order valence-electron chi connectivity index (χ0n) is 18.6. The number of benzene rings is 2. The maximum Gasteiger partial charge on any atom is 0.338 e. The number of hydrogen-bond donors (Lipinski definition) is 3. The molecule has 8 nitrogen and oxygen atoms in total. The molecule has 1 aliphatic heterocycles. The quantitative estimate of drug-likeness (QED) is 0.552. The molecule has 3 rings (SSSR count). The van der Waals surface area contributed by atoms with Gasteiger partial charge in [0, 0.05) is 7.11 Å². The van der Waals surface area contributed by atoms with Gasteiger partial charge >= 0.3 is 5.97 Å². The van der Waals surface area contributed by atoms with E-state index in [0.29, 0.717) is 23.5 Å². The van der Waals surface area contributed by atoms with Gasteiger partial charge in [-0.25, -0.2) is 4.79 Å². The molecule has 8 heteroatoms. The van der Waals surface area contributed by atoms with E-state index in [1.165, 1.54) is 7.11 Å². The van der Waals surface area contributed by atoms with E-state index >= 15 is 0 Å². The van der Waals surface area contributed by atoms with E-state index in [1.54, 1.807) is 13.0 Å².